The van der Waals surface area contributed by atoms with Crippen molar-refractivity contribution in [2.45, 2.75) is 6.54 Å². The molecule has 0 aliphatic rings. The largest absolute Gasteiger partial charge is 0.396 e. The van der Waals surface area contributed by atoms with Gasteiger partial charge in [0.05, 0.1) is 5.69 Å². The van der Waals surface area contributed by atoms with E-state index >= 15 is 0 Å². The number of nitrogens with two attached hydrogens (primary N) is 1. The molecule has 100 valence electrons. The fraction of sp³-hybridized carbons (Fsp3) is 0.0769. The summed E-state index contributed by atoms with van der Waals surface area (Å²) in [6.07, 6.45) is 0. The van der Waals surface area contributed by atoms with Crippen LogP contribution in [0.5, 0.6) is 0 Å². The lowest BCUT2D eigenvalue weighted by atomic mass is 10.2. The molecule has 0 saturated heterocycles. The third-order valence-electron chi connectivity index (χ3n) is 2.61. The molecule has 0 amide bonds. The standard InChI is InChI=1S/C13H8BrFN4S/c14-8-1-2-10(15)7(3-8)6-19-13-9(4-16)12(18)11(5-17)20-13/h1-3,19H,6,18H2. The van der Waals surface area contributed by atoms with Crippen LogP contribution in [0.3, 0.4) is 0 Å². The highest BCUT2D eigenvalue weighted by atomic mass is 79.9. The number of nitrogens with one attached hydrogen (secondary N) is 1. The van der Waals surface area contributed by atoms with Crippen LogP contribution in [0.25, 0.3) is 0 Å². The third kappa shape index (κ3) is 2.74. The van der Waals surface area contributed by atoms with E-state index in [1.807, 2.05) is 12.1 Å². The van der Waals surface area contributed by atoms with E-state index in [1.54, 1.807) is 12.1 Å². The average Bonchev–Trinajstić information content (AvgIpc) is 2.75. The van der Waals surface area contributed by atoms with Gasteiger partial charge >= 0.3 is 0 Å². The van der Waals surface area contributed by atoms with Crippen LogP contribution in [0.1, 0.15) is 16.0 Å². The van der Waals surface area contributed by atoms with Crippen molar-refractivity contribution in [3.8, 4) is 12.1 Å². The van der Waals surface area contributed by atoms with Gasteiger partial charge in [0.2, 0.25) is 0 Å². The van der Waals surface area contributed by atoms with E-state index in [4.69, 9.17) is 16.3 Å². The predicted molar refractivity (Wildman–Crippen MR) is 79.6 cm³/mol. The van der Waals surface area contributed by atoms with Crippen LogP contribution in [-0.2, 0) is 6.54 Å². The van der Waals surface area contributed by atoms with Crippen molar-refractivity contribution < 1.29 is 4.39 Å². The molecule has 3 N–H and O–H groups in total. The van der Waals surface area contributed by atoms with Gasteiger partial charge in [-0.2, -0.15) is 10.5 Å². The van der Waals surface area contributed by atoms with E-state index in [1.165, 1.54) is 6.07 Å². The highest BCUT2D eigenvalue weighted by Crippen LogP contribution is 2.34. The van der Waals surface area contributed by atoms with Gasteiger partial charge in [-0.05, 0) is 18.2 Å². The number of nitrogen functional groups attached to an aromatic ring is 1. The van der Waals surface area contributed by atoms with Crippen LogP contribution in [0.2, 0.25) is 0 Å². The van der Waals surface area contributed by atoms with Gasteiger partial charge in [0.25, 0.3) is 0 Å². The minimum absolute atomic E-state index is 0.164. The SMILES string of the molecule is N#Cc1sc(NCc2cc(Br)ccc2F)c(C#N)c1N. The molecule has 4 nitrogen and oxygen atoms in total. The summed E-state index contributed by atoms with van der Waals surface area (Å²) in [6, 6.07) is 8.49. The number of hydrogen-bond acceptors (Lipinski definition) is 5. The first-order valence-electron chi connectivity index (χ1n) is 5.47. The first-order valence-corrected chi connectivity index (χ1v) is 7.08. The Kier molecular flexibility index (Phi) is 4.23. The lowest BCUT2D eigenvalue weighted by Crippen LogP contribution is -2.02. The molecule has 20 heavy (non-hydrogen) atoms. The molecule has 0 spiro atoms. The van der Waals surface area contributed by atoms with Crippen LogP contribution >= 0.6 is 27.3 Å². The van der Waals surface area contributed by atoms with Crippen molar-refractivity contribution >= 4 is 38.0 Å². The summed E-state index contributed by atoms with van der Waals surface area (Å²) in [6.45, 7) is 0.199. The normalized spacial score (nSPS) is 9.80. The number of rotatable bonds is 3. The molecule has 1 aromatic heterocycles. The zero-order chi connectivity index (χ0) is 14.7. The van der Waals surface area contributed by atoms with Crippen LogP contribution in [0.4, 0.5) is 15.1 Å². The molecule has 0 aliphatic heterocycles. The Morgan fingerprint density at radius 1 is 1.35 bits per heavy atom. The molecule has 0 saturated carbocycles. The van der Waals surface area contributed by atoms with Gasteiger partial charge in [0.15, 0.2) is 0 Å². The smallest absolute Gasteiger partial charge is 0.131 e. The molecule has 0 atom stereocenters. The molecule has 0 aliphatic carbocycles. The summed E-state index contributed by atoms with van der Waals surface area (Å²) >= 11 is 4.36. The molecule has 1 aromatic carbocycles. The summed E-state index contributed by atoms with van der Waals surface area (Å²) in [5.41, 5.74) is 6.53. The van der Waals surface area contributed by atoms with Crippen molar-refractivity contribution in [3.05, 3.63) is 44.5 Å². The first kappa shape index (κ1) is 14.3. The number of benzene rings is 1. The third-order valence-corrected chi connectivity index (χ3v) is 4.17. The molecule has 0 fully saturated rings. The lowest BCUT2D eigenvalue weighted by Gasteiger charge is -2.06. The van der Waals surface area contributed by atoms with Gasteiger partial charge in [-0.3, -0.25) is 0 Å². The Labute approximate surface area is 127 Å². The van der Waals surface area contributed by atoms with Crippen molar-refractivity contribution in [2.75, 3.05) is 11.1 Å². The van der Waals surface area contributed by atoms with Crippen LogP contribution < -0.4 is 11.1 Å². The molecule has 2 rings (SSSR count). The zero-order valence-electron chi connectivity index (χ0n) is 10.1. The number of thiophene rings is 1. The minimum Gasteiger partial charge on any atom is -0.396 e. The van der Waals surface area contributed by atoms with Crippen molar-refractivity contribution in [2.24, 2.45) is 0 Å². The fourth-order valence-corrected chi connectivity index (χ4v) is 2.89. The first-order chi connectivity index (χ1) is 9.56. The maximum Gasteiger partial charge on any atom is 0.131 e. The van der Waals surface area contributed by atoms with Gasteiger partial charge < -0.3 is 11.1 Å². The van der Waals surface area contributed by atoms with Gasteiger partial charge in [0, 0.05) is 16.6 Å². The van der Waals surface area contributed by atoms with Crippen LogP contribution in [0.15, 0.2) is 22.7 Å². The van der Waals surface area contributed by atoms with E-state index in [0.29, 0.717) is 10.6 Å². The Morgan fingerprint density at radius 2 is 2.10 bits per heavy atom. The van der Waals surface area contributed by atoms with E-state index in [2.05, 4.69) is 21.2 Å². The highest BCUT2D eigenvalue weighted by Gasteiger charge is 2.15. The number of nitrogens with zero attached hydrogens (tertiary/aromatic N) is 2. The van der Waals surface area contributed by atoms with Crippen LogP contribution in [0, 0.1) is 28.5 Å². The van der Waals surface area contributed by atoms with E-state index in [0.717, 1.165) is 15.8 Å². The van der Waals surface area contributed by atoms with Crippen LogP contribution in [-0.4, -0.2) is 0 Å². The Morgan fingerprint density at radius 3 is 2.75 bits per heavy atom. The minimum atomic E-state index is -0.343. The van der Waals surface area contributed by atoms with Crippen molar-refractivity contribution in [1.29, 1.82) is 10.5 Å². The number of nitriles is 2. The van der Waals surface area contributed by atoms with E-state index in [9.17, 15) is 4.39 Å². The van der Waals surface area contributed by atoms with Crippen molar-refractivity contribution in [1.82, 2.24) is 0 Å². The summed E-state index contributed by atoms with van der Waals surface area (Å²) in [5, 5.41) is 21.4. The maximum absolute atomic E-state index is 13.6. The number of hydrogen-bond donors (Lipinski definition) is 2. The summed E-state index contributed by atoms with van der Waals surface area (Å²) in [4.78, 5) is 0.277. The number of halogens is 2. The van der Waals surface area contributed by atoms with Gasteiger partial charge in [-0.25, -0.2) is 4.39 Å². The quantitative estimate of drug-likeness (QED) is 0.885. The average molecular weight is 351 g/mol. The Balaban J connectivity index is 2.26. The van der Waals surface area contributed by atoms with Gasteiger partial charge in [0.1, 0.15) is 33.4 Å². The molecular formula is C13H8BrFN4S. The fourth-order valence-electron chi connectivity index (χ4n) is 1.62. The van der Waals surface area contributed by atoms with Gasteiger partial charge in [-0.1, -0.05) is 15.9 Å². The maximum atomic E-state index is 13.6. The molecular weight excluding hydrogens is 343 g/mol. The summed E-state index contributed by atoms with van der Waals surface area (Å²) < 4.78 is 14.4. The summed E-state index contributed by atoms with van der Waals surface area (Å²) in [5.74, 6) is -0.343. The lowest BCUT2D eigenvalue weighted by molar-refractivity contribution is 0.612. The predicted octanol–water partition coefficient (Wildman–Crippen LogP) is 3.59. The molecule has 2 aromatic rings. The molecule has 0 radical (unpaired) electrons. The second-order valence-electron chi connectivity index (χ2n) is 3.86. The monoisotopic (exact) mass is 350 g/mol. The zero-order valence-corrected chi connectivity index (χ0v) is 12.5. The Bertz CT molecular complexity index is 742. The van der Waals surface area contributed by atoms with E-state index in [-0.39, 0.29) is 28.5 Å². The number of anilines is 2. The Hall–Kier alpha value is -2.09. The second-order valence-corrected chi connectivity index (χ2v) is 5.80. The molecule has 1 heterocycles. The molecule has 0 unspecified atom stereocenters. The summed E-state index contributed by atoms with van der Waals surface area (Å²) in [7, 11) is 0. The second kappa shape index (κ2) is 5.91. The highest BCUT2D eigenvalue weighted by molar-refractivity contribution is 9.10. The van der Waals surface area contributed by atoms with Gasteiger partial charge in [-0.15, -0.1) is 11.3 Å². The molecule has 0 bridgehead atoms. The van der Waals surface area contributed by atoms with E-state index < -0.39 is 0 Å². The molecule has 7 heteroatoms. The topological polar surface area (TPSA) is 85.6 Å². The van der Waals surface area contributed by atoms with Crippen molar-refractivity contribution in [3.63, 3.8) is 0 Å².